The lowest BCUT2D eigenvalue weighted by atomic mass is 9.89. The third-order valence-corrected chi connectivity index (χ3v) is 3.31. The van der Waals surface area contributed by atoms with Crippen LogP contribution in [0.2, 0.25) is 0 Å². The number of carbonyl (C=O) groups excluding carboxylic acids is 1. The van der Waals surface area contributed by atoms with Crippen molar-refractivity contribution in [3.05, 3.63) is 0 Å². The van der Waals surface area contributed by atoms with Crippen molar-refractivity contribution >= 4 is 21.8 Å². The van der Waals surface area contributed by atoms with E-state index in [0.29, 0.717) is 18.0 Å². The molecular weight excluding hydrogens is 258 g/mol. The van der Waals surface area contributed by atoms with E-state index in [9.17, 15) is 4.79 Å². The Balaban J connectivity index is 3.73. The van der Waals surface area contributed by atoms with Crippen molar-refractivity contribution in [3.8, 4) is 0 Å². The van der Waals surface area contributed by atoms with Crippen molar-refractivity contribution in [2.24, 2.45) is 5.41 Å². The predicted molar refractivity (Wildman–Crippen MR) is 66.3 cm³/mol. The molecule has 0 aromatic carbocycles. The molecule has 1 unspecified atom stereocenters. The molecule has 0 aliphatic carbocycles. The summed E-state index contributed by atoms with van der Waals surface area (Å²) < 4.78 is 4.99. The summed E-state index contributed by atoms with van der Waals surface area (Å²) in [6.07, 6.45) is 1.74. The number of rotatable bonds is 7. The van der Waals surface area contributed by atoms with Gasteiger partial charge in [-0.1, -0.05) is 36.7 Å². The summed E-state index contributed by atoms with van der Waals surface area (Å²) in [4.78, 5) is 12.0. The van der Waals surface area contributed by atoms with Crippen LogP contribution in [-0.2, 0) is 9.53 Å². The zero-order valence-electron chi connectivity index (χ0n) is 10.1. The fraction of sp³-hybridized carbons (Fsp3) is 0.909. The summed E-state index contributed by atoms with van der Waals surface area (Å²) in [6.45, 7) is 7.32. The quantitative estimate of drug-likeness (QED) is 0.727. The first-order valence-electron chi connectivity index (χ1n) is 5.35. The van der Waals surface area contributed by atoms with E-state index in [1.54, 1.807) is 7.11 Å². The van der Waals surface area contributed by atoms with E-state index in [1.807, 2.05) is 20.8 Å². The molecule has 3 nitrogen and oxygen atoms in total. The topological polar surface area (TPSA) is 38.3 Å². The molecule has 1 N–H and O–H groups in total. The van der Waals surface area contributed by atoms with E-state index >= 15 is 0 Å². The van der Waals surface area contributed by atoms with Crippen molar-refractivity contribution in [2.75, 3.05) is 20.3 Å². The van der Waals surface area contributed by atoms with Gasteiger partial charge in [0.1, 0.15) is 0 Å². The summed E-state index contributed by atoms with van der Waals surface area (Å²) in [6, 6.07) is 0. The van der Waals surface area contributed by atoms with Crippen LogP contribution in [0.15, 0.2) is 0 Å². The van der Waals surface area contributed by atoms with E-state index in [0.717, 1.165) is 12.8 Å². The van der Waals surface area contributed by atoms with Gasteiger partial charge in [-0.15, -0.1) is 0 Å². The van der Waals surface area contributed by atoms with Gasteiger partial charge in [-0.3, -0.25) is 4.79 Å². The molecule has 0 spiro atoms. The molecule has 1 amide bonds. The van der Waals surface area contributed by atoms with Crippen molar-refractivity contribution in [3.63, 3.8) is 0 Å². The van der Waals surface area contributed by atoms with Crippen LogP contribution in [-0.4, -0.2) is 31.0 Å². The first kappa shape index (κ1) is 14.9. The lowest BCUT2D eigenvalue weighted by Crippen LogP contribution is -2.37. The second-order valence-electron chi connectivity index (χ2n) is 4.33. The highest BCUT2D eigenvalue weighted by Gasteiger charge is 2.24. The number of amides is 1. The largest absolute Gasteiger partial charge is 0.384 e. The second-order valence-corrected chi connectivity index (χ2v) is 5.63. The van der Waals surface area contributed by atoms with Crippen LogP contribution in [0.4, 0.5) is 0 Å². The van der Waals surface area contributed by atoms with E-state index in [2.05, 4.69) is 21.2 Å². The van der Waals surface area contributed by atoms with Gasteiger partial charge in [0.05, 0.1) is 6.61 Å². The first-order valence-corrected chi connectivity index (χ1v) is 6.27. The summed E-state index contributed by atoms with van der Waals surface area (Å²) in [5.41, 5.74) is -0.261. The second kappa shape index (κ2) is 7.23. The molecule has 15 heavy (non-hydrogen) atoms. The highest BCUT2D eigenvalue weighted by atomic mass is 79.9. The molecule has 1 atom stereocenters. The van der Waals surface area contributed by atoms with E-state index in [4.69, 9.17) is 4.74 Å². The zero-order valence-corrected chi connectivity index (χ0v) is 11.7. The lowest BCUT2D eigenvalue weighted by molar-refractivity contribution is -0.129. The van der Waals surface area contributed by atoms with E-state index in [1.165, 1.54) is 0 Å². The average molecular weight is 280 g/mol. The molecule has 0 bridgehead atoms. The number of halogens is 1. The minimum absolute atomic E-state index is 0.127. The minimum Gasteiger partial charge on any atom is -0.384 e. The van der Waals surface area contributed by atoms with Gasteiger partial charge in [0, 0.05) is 23.9 Å². The van der Waals surface area contributed by atoms with Gasteiger partial charge < -0.3 is 10.1 Å². The summed E-state index contributed by atoms with van der Waals surface area (Å²) in [7, 11) is 1.67. The Morgan fingerprint density at radius 2 is 2.13 bits per heavy atom. The Kier molecular flexibility index (Phi) is 7.18. The summed E-state index contributed by atoms with van der Waals surface area (Å²) in [5, 5.41) is 2.94. The van der Waals surface area contributed by atoms with Crippen LogP contribution in [0.5, 0.6) is 0 Å². The van der Waals surface area contributed by atoms with Crippen molar-refractivity contribution in [1.82, 2.24) is 5.32 Å². The number of hydrogen-bond acceptors (Lipinski definition) is 2. The van der Waals surface area contributed by atoms with Gasteiger partial charge in [0.15, 0.2) is 0 Å². The smallest absolute Gasteiger partial charge is 0.225 e. The average Bonchev–Trinajstić information content (AvgIpc) is 2.18. The molecule has 90 valence electrons. The van der Waals surface area contributed by atoms with Crippen LogP contribution in [0.1, 0.15) is 33.6 Å². The highest BCUT2D eigenvalue weighted by molar-refractivity contribution is 9.09. The Morgan fingerprint density at radius 1 is 1.53 bits per heavy atom. The number of hydrogen-bond donors (Lipinski definition) is 1. The third kappa shape index (κ3) is 6.15. The molecule has 0 fully saturated rings. The van der Waals surface area contributed by atoms with Gasteiger partial charge in [-0.2, -0.15) is 0 Å². The van der Waals surface area contributed by atoms with Gasteiger partial charge in [-0.25, -0.2) is 0 Å². The van der Waals surface area contributed by atoms with Gasteiger partial charge in [0.2, 0.25) is 5.91 Å². The molecule has 4 heteroatoms. The van der Waals surface area contributed by atoms with Crippen molar-refractivity contribution in [2.45, 2.75) is 38.4 Å². The fourth-order valence-corrected chi connectivity index (χ4v) is 1.50. The van der Waals surface area contributed by atoms with Crippen LogP contribution < -0.4 is 5.32 Å². The van der Waals surface area contributed by atoms with Crippen LogP contribution in [0.3, 0.4) is 0 Å². The third-order valence-electron chi connectivity index (χ3n) is 2.59. The maximum atomic E-state index is 11.7. The van der Waals surface area contributed by atoms with Gasteiger partial charge in [-0.05, 0) is 12.8 Å². The van der Waals surface area contributed by atoms with Crippen LogP contribution >= 0.6 is 15.9 Å². The molecule has 0 aliphatic rings. The molecular formula is C11H22BrNO2. The Morgan fingerprint density at radius 3 is 2.60 bits per heavy atom. The lowest BCUT2D eigenvalue weighted by Gasteiger charge is -2.21. The van der Waals surface area contributed by atoms with Crippen molar-refractivity contribution in [1.29, 1.82) is 0 Å². The zero-order chi connectivity index (χ0) is 11.9. The maximum absolute atomic E-state index is 11.7. The summed E-state index contributed by atoms with van der Waals surface area (Å²) in [5.74, 6) is 0.127. The standard InChI is InChI=1S/C11H22BrNO2/c1-5-11(2,3)10(14)13-7-6-9(12)8-15-4/h9H,5-8H2,1-4H3,(H,13,14). The van der Waals surface area contributed by atoms with Gasteiger partial charge in [0.25, 0.3) is 0 Å². The maximum Gasteiger partial charge on any atom is 0.225 e. The first-order chi connectivity index (χ1) is 6.94. The van der Waals surface area contributed by atoms with Crippen LogP contribution in [0.25, 0.3) is 0 Å². The van der Waals surface area contributed by atoms with E-state index < -0.39 is 0 Å². The summed E-state index contributed by atoms with van der Waals surface area (Å²) >= 11 is 3.48. The molecule has 0 radical (unpaired) electrons. The normalized spacial score (nSPS) is 13.7. The number of nitrogens with one attached hydrogen (secondary N) is 1. The Bertz CT molecular complexity index is 195. The molecule has 0 aromatic rings. The Hall–Kier alpha value is -0.0900. The molecule has 0 saturated carbocycles. The van der Waals surface area contributed by atoms with E-state index in [-0.39, 0.29) is 11.3 Å². The molecule has 0 heterocycles. The molecule has 0 aromatic heterocycles. The number of ether oxygens (including phenoxy) is 1. The number of methoxy groups -OCH3 is 1. The van der Waals surface area contributed by atoms with Crippen LogP contribution in [0, 0.1) is 5.41 Å². The van der Waals surface area contributed by atoms with Crippen molar-refractivity contribution < 1.29 is 9.53 Å². The minimum atomic E-state index is -0.261. The molecule has 0 saturated heterocycles. The predicted octanol–water partition coefficient (Wildman–Crippen LogP) is 2.34. The Labute approximate surface area is 101 Å². The number of carbonyl (C=O) groups is 1. The SMILES string of the molecule is CCC(C)(C)C(=O)NCCC(Br)COC. The monoisotopic (exact) mass is 279 g/mol. The molecule has 0 aliphatic heterocycles. The van der Waals surface area contributed by atoms with Gasteiger partial charge >= 0.3 is 0 Å². The molecule has 0 rings (SSSR count). The number of alkyl halides is 1. The fourth-order valence-electron chi connectivity index (χ4n) is 1.01. The highest BCUT2D eigenvalue weighted by Crippen LogP contribution is 2.19.